The van der Waals surface area contributed by atoms with Gasteiger partial charge < -0.3 is 5.32 Å². The molecule has 1 fully saturated rings. The first kappa shape index (κ1) is 18.3. The number of nitrogens with one attached hydrogen (secondary N) is 2. The molecule has 0 radical (unpaired) electrons. The summed E-state index contributed by atoms with van der Waals surface area (Å²) in [5.74, 6) is -1.43. The van der Waals surface area contributed by atoms with Crippen molar-refractivity contribution in [1.82, 2.24) is 14.5 Å². The number of sulfonamides is 1. The Balaban J connectivity index is 1.52. The maximum atomic E-state index is 14.0. The van der Waals surface area contributed by atoms with Crippen LogP contribution in [0, 0.1) is 5.82 Å². The molecule has 9 heteroatoms. The first-order valence-corrected chi connectivity index (χ1v) is 10.1. The third kappa shape index (κ3) is 3.95. The fourth-order valence-corrected chi connectivity index (χ4v) is 4.07. The molecule has 1 amide bonds. The summed E-state index contributed by atoms with van der Waals surface area (Å²) in [4.78, 5) is 12.0. The average Bonchev–Trinajstić information content (AvgIpc) is 3.30. The molecule has 1 heterocycles. The second kappa shape index (κ2) is 7.17. The van der Waals surface area contributed by atoms with Crippen LogP contribution >= 0.6 is 0 Å². The van der Waals surface area contributed by atoms with E-state index in [0.717, 1.165) is 30.7 Å². The second-order valence-electron chi connectivity index (χ2n) is 6.49. The van der Waals surface area contributed by atoms with E-state index in [1.54, 1.807) is 47.4 Å². The van der Waals surface area contributed by atoms with E-state index in [2.05, 4.69) is 15.1 Å². The zero-order chi connectivity index (χ0) is 19.7. The first-order valence-electron chi connectivity index (χ1n) is 8.66. The normalized spacial score (nSPS) is 14.0. The van der Waals surface area contributed by atoms with Gasteiger partial charge in [0.15, 0.2) is 0 Å². The minimum absolute atomic E-state index is 0.0497. The van der Waals surface area contributed by atoms with Gasteiger partial charge in [-0.2, -0.15) is 5.10 Å². The summed E-state index contributed by atoms with van der Waals surface area (Å²) in [6, 6.07) is 11.9. The number of halogens is 1. The van der Waals surface area contributed by atoms with Crippen LogP contribution in [0.25, 0.3) is 5.69 Å². The number of carbonyl (C=O) groups excluding carboxylic acids is 1. The number of hydrogen-bond acceptors (Lipinski definition) is 4. The molecule has 0 aliphatic heterocycles. The molecule has 1 aliphatic rings. The Morgan fingerprint density at radius 2 is 1.89 bits per heavy atom. The largest absolute Gasteiger partial charge is 0.322 e. The number of rotatable bonds is 6. The van der Waals surface area contributed by atoms with Crippen LogP contribution in [0.3, 0.4) is 0 Å². The van der Waals surface area contributed by atoms with Crippen LogP contribution in [0.4, 0.5) is 10.1 Å². The van der Waals surface area contributed by atoms with E-state index in [1.165, 1.54) is 6.07 Å². The molecule has 0 atom stereocenters. The molecular formula is C19H17FN4O3S. The molecular weight excluding hydrogens is 383 g/mol. The van der Waals surface area contributed by atoms with Gasteiger partial charge in [0.05, 0.1) is 5.69 Å². The molecule has 28 heavy (non-hydrogen) atoms. The predicted molar refractivity (Wildman–Crippen MR) is 101 cm³/mol. The summed E-state index contributed by atoms with van der Waals surface area (Å²) >= 11 is 0. The summed E-state index contributed by atoms with van der Waals surface area (Å²) in [6.45, 7) is 0. The van der Waals surface area contributed by atoms with Crippen molar-refractivity contribution < 1.29 is 17.6 Å². The Bertz CT molecular complexity index is 1110. The van der Waals surface area contributed by atoms with Crippen molar-refractivity contribution in [2.24, 2.45) is 0 Å². The number of anilines is 1. The fourth-order valence-electron chi connectivity index (χ4n) is 2.66. The molecule has 4 rings (SSSR count). The summed E-state index contributed by atoms with van der Waals surface area (Å²) in [5.41, 5.74) is 1.39. The standard InChI is InChI=1S/C19H17FN4O3S/c20-17-9-2-13(12-18(17)28(26,27)23-15-3-4-15)19(25)22-14-5-7-16(8-6-14)24-11-1-10-21-24/h1-2,5-12,15,23H,3-4H2,(H,22,25). The van der Waals surface area contributed by atoms with Gasteiger partial charge in [-0.05, 0) is 61.4 Å². The van der Waals surface area contributed by atoms with Crippen LogP contribution in [0.5, 0.6) is 0 Å². The number of hydrogen-bond donors (Lipinski definition) is 2. The number of nitrogens with zero attached hydrogens (tertiary/aromatic N) is 2. The average molecular weight is 400 g/mol. The van der Waals surface area contributed by atoms with Crippen molar-refractivity contribution in [3.63, 3.8) is 0 Å². The summed E-state index contributed by atoms with van der Waals surface area (Å²) in [5, 5.41) is 6.80. The SMILES string of the molecule is O=C(Nc1ccc(-n2cccn2)cc1)c1ccc(F)c(S(=O)(=O)NC2CC2)c1. The van der Waals surface area contributed by atoms with Crippen LogP contribution in [-0.4, -0.2) is 30.1 Å². The van der Waals surface area contributed by atoms with E-state index < -0.39 is 26.6 Å². The minimum Gasteiger partial charge on any atom is -0.322 e. The molecule has 0 spiro atoms. The smallest absolute Gasteiger partial charge is 0.255 e. The Labute approximate surface area is 161 Å². The molecule has 2 N–H and O–H groups in total. The van der Waals surface area contributed by atoms with E-state index in [0.29, 0.717) is 5.69 Å². The van der Waals surface area contributed by atoms with Crippen LogP contribution in [-0.2, 0) is 10.0 Å². The molecule has 0 unspecified atom stereocenters. The van der Waals surface area contributed by atoms with Crippen molar-refractivity contribution in [2.45, 2.75) is 23.8 Å². The number of benzene rings is 2. The Hall–Kier alpha value is -3.04. The number of aromatic nitrogens is 2. The molecule has 1 aromatic heterocycles. The van der Waals surface area contributed by atoms with Gasteiger partial charge in [-0.1, -0.05) is 0 Å². The van der Waals surface area contributed by atoms with Gasteiger partial charge in [0, 0.05) is 29.7 Å². The van der Waals surface area contributed by atoms with Gasteiger partial charge in [-0.15, -0.1) is 0 Å². The van der Waals surface area contributed by atoms with Crippen molar-refractivity contribution in [3.05, 3.63) is 72.3 Å². The minimum atomic E-state index is -4.00. The van der Waals surface area contributed by atoms with E-state index >= 15 is 0 Å². The van der Waals surface area contributed by atoms with Crippen LogP contribution in [0.1, 0.15) is 23.2 Å². The van der Waals surface area contributed by atoms with E-state index in [9.17, 15) is 17.6 Å². The highest BCUT2D eigenvalue weighted by Gasteiger charge is 2.30. The van der Waals surface area contributed by atoms with Crippen molar-refractivity contribution in [3.8, 4) is 5.69 Å². The topological polar surface area (TPSA) is 93.1 Å². The van der Waals surface area contributed by atoms with Gasteiger partial charge >= 0.3 is 0 Å². The third-order valence-electron chi connectivity index (χ3n) is 4.28. The molecule has 144 valence electrons. The maximum absolute atomic E-state index is 14.0. The third-order valence-corrected chi connectivity index (χ3v) is 5.81. The highest BCUT2D eigenvalue weighted by molar-refractivity contribution is 7.89. The van der Waals surface area contributed by atoms with Crippen molar-refractivity contribution in [1.29, 1.82) is 0 Å². The maximum Gasteiger partial charge on any atom is 0.255 e. The molecule has 1 aliphatic carbocycles. The summed E-state index contributed by atoms with van der Waals surface area (Å²) in [6.07, 6.45) is 4.92. The fraction of sp³-hybridized carbons (Fsp3) is 0.158. The van der Waals surface area contributed by atoms with Crippen LogP contribution in [0.15, 0.2) is 65.8 Å². The lowest BCUT2D eigenvalue weighted by atomic mass is 10.2. The molecule has 1 saturated carbocycles. The Kier molecular flexibility index (Phi) is 4.70. The summed E-state index contributed by atoms with van der Waals surface area (Å²) in [7, 11) is -4.00. The highest BCUT2D eigenvalue weighted by atomic mass is 32.2. The molecule has 7 nitrogen and oxygen atoms in total. The Morgan fingerprint density at radius 3 is 2.54 bits per heavy atom. The van der Waals surface area contributed by atoms with E-state index in [1.807, 2.05) is 0 Å². The summed E-state index contributed by atoms with van der Waals surface area (Å²) < 4.78 is 42.7. The van der Waals surface area contributed by atoms with Gasteiger partial charge in [-0.25, -0.2) is 22.2 Å². The van der Waals surface area contributed by atoms with Gasteiger partial charge in [0.25, 0.3) is 5.91 Å². The van der Waals surface area contributed by atoms with Gasteiger partial charge in [0.1, 0.15) is 10.7 Å². The quantitative estimate of drug-likeness (QED) is 0.665. The van der Waals surface area contributed by atoms with Crippen LogP contribution < -0.4 is 10.0 Å². The lowest BCUT2D eigenvalue weighted by Crippen LogP contribution is -2.27. The highest BCUT2D eigenvalue weighted by Crippen LogP contribution is 2.24. The molecule has 2 aromatic carbocycles. The molecule has 0 bridgehead atoms. The van der Waals surface area contributed by atoms with Crippen molar-refractivity contribution >= 4 is 21.6 Å². The van der Waals surface area contributed by atoms with Gasteiger partial charge in [-0.3, -0.25) is 4.79 Å². The monoisotopic (exact) mass is 400 g/mol. The number of amides is 1. The molecule has 3 aromatic rings. The van der Waals surface area contributed by atoms with E-state index in [4.69, 9.17) is 0 Å². The molecule has 0 saturated heterocycles. The van der Waals surface area contributed by atoms with Crippen molar-refractivity contribution in [2.75, 3.05) is 5.32 Å². The lowest BCUT2D eigenvalue weighted by Gasteiger charge is -2.10. The first-order chi connectivity index (χ1) is 13.4. The lowest BCUT2D eigenvalue weighted by molar-refractivity contribution is 0.102. The van der Waals surface area contributed by atoms with Gasteiger partial charge in [0.2, 0.25) is 10.0 Å². The second-order valence-corrected chi connectivity index (χ2v) is 8.17. The predicted octanol–water partition coefficient (Wildman–Crippen LogP) is 2.70. The zero-order valence-corrected chi connectivity index (χ0v) is 15.5. The number of carbonyl (C=O) groups is 1. The van der Waals surface area contributed by atoms with E-state index in [-0.39, 0.29) is 11.6 Å². The zero-order valence-electron chi connectivity index (χ0n) is 14.7. The Morgan fingerprint density at radius 1 is 1.14 bits per heavy atom. The van der Waals surface area contributed by atoms with Crippen LogP contribution in [0.2, 0.25) is 0 Å².